The van der Waals surface area contributed by atoms with Crippen molar-refractivity contribution in [2.75, 3.05) is 0 Å². The van der Waals surface area contributed by atoms with Gasteiger partial charge in [-0.05, 0) is 18.3 Å². The molecule has 0 aliphatic heterocycles. The summed E-state index contributed by atoms with van der Waals surface area (Å²) in [4.78, 5) is 10.5. The molecular formula is C9H19NO2. The molecule has 0 saturated carbocycles. The second kappa shape index (κ2) is 4.45. The van der Waals surface area contributed by atoms with Crippen LogP contribution in [0.15, 0.2) is 0 Å². The zero-order valence-electron chi connectivity index (χ0n) is 8.13. The van der Waals surface area contributed by atoms with Crippen LogP contribution in [0.2, 0.25) is 0 Å². The topological polar surface area (TPSA) is 63.3 Å². The van der Waals surface area contributed by atoms with Gasteiger partial charge in [0.2, 0.25) is 0 Å². The van der Waals surface area contributed by atoms with E-state index in [0.29, 0.717) is 6.42 Å². The Morgan fingerprint density at radius 2 is 2.08 bits per heavy atom. The van der Waals surface area contributed by atoms with Gasteiger partial charge in [-0.1, -0.05) is 27.2 Å². The van der Waals surface area contributed by atoms with Crippen LogP contribution in [-0.4, -0.2) is 17.1 Å². The predicted octanol–water partition coefficient (Wildman–Crippen LogP) is 1.61. The first kappa shape index (κ1) is 11.4. The van der Waals surface area contributed by atoms with E-state index in [1.165, 1.54) is 0 Å². The summed E-state index contributed by atoms with van der Waals surface area (Å²) < 4.78 is 0. The van der Waals surface area contributed by atoms with Crippen molar-refractivity contribution in [1.82, 2.24) is 0 Å². The highest BCUT2D eigenvalue weighted by Crippen LogP contribution is 2.27. The number of carboxylic acids is 1. The largest absolute Gasteiger partial charge is 0.480 e. The molecule has 0 rings (SSSR count). The van der Waals surface area contributed by atoms with Crippen LogP contribution in [0.5, 0.6) is 0 Å². The maximum atomic E-state index is 10.5. The van der Waals surface area contributed by atoms with Gasteiger partial charge < -0.3 is 10.8 Å². The molecule has 72 valence electrons. The van der Waals surface area contributed by atoms with E-state index in [-0.39, 0.29) is 5.41 Å². The summed E-state index contributed by atoms with van der Waals surface area (Å²) in [5.74, 6) is -0.904. The third kappa shape index (κ3) is 4.34. The Kier molecular flexibility index (Phi) is 4.24. The zero-order chi connectivity index (χ0) is 9.78. The van der Waals surface area contributed by atoms with Crippen molar-refractivity contribution in [2.45, 2.75) is 46.1 Å². The highest BCUT2D eigenvalue weighted by molar-refractivity contribution is 5.73. The Bertz CT molecular complexity index is 155. The summed E-state index contributed by atoms with van der Waals surface area (Å²) in [6.07, 6.45) is 2.64. The van der Waals surface area contributed by atoms with E-state index in [0.717, 1.165) is 12.8 Å². The van der Waals surface area contributed by atoms with E-state index in [9.17, 15) is 4.79 Å². The number of carbonyl (C=O) groups is 1. The molecule has 0 aromatic heterocycles. The van der Waals surface area contributed by atoms with E-state index < -0.39 is 12.0 Å². The molecule has 0 radical (unpaired) electrons. The summed E-state index contributed by atoms with van der Waals surface area (Å²) in [7, 11) is 0. The number of aliphatic carboxylic acids is 1. The number of hydrogen-bond acceptors (Lipinski definition) is 2. The first-order chi connectivity index (χ1) is 5.39. The number of nitrogens with two attached hydrogens (primary N) is 1. The third-order valence-corrected chi connectivity index (χ3v) is 2.02. The van der Waals surface area contributed by atoms with Gasteiger partial charge >= 0.3 is 5.97 Å². The summed E-state index contributed by atoms with van der Waals surface area (Å²) >= 11 is 0. The molecule has 1 unspecified atom stereocenters. The maximum absolute atomic E-state index is 10.5. The van der Waals surface area contributed by atoms with Gasteiger partial charge in [0.05, 0.1) is 0 Å². The molecule has 0 heterocycles. The molecule has 12 heavy (non-hydrogen) atoms. The van der Waals surface area contributed by atoms with Crippen LogP contribution in [0.25, 0.3) is 0 Å². The number of carboxylic acid groups (broad SMARTS) is 1. The molecule has 0 aliphatic carbocycles. The Balaban J connectivity index is 3.95. The Morgan fingerprint density at radius 1 is 1.58 bits per heavy atom. The van der Waals surface area contributed by atoms with Gasteiger partial charge in [0.25, 0.3) is 0 Å². The maximum Gasteiger partial charge on any atom is 0.320 e. The van der Waals surface area contributed by atoms with E-state index >= 15 is 0 Å². The van der Waals surface area contributed by atoms with Crippen molar-refractivity contribution in [1.29, 1.82) is 0 Å². The zero-order valence-corrected chi connectivity index (χ0v) is 8.13. The Morgan fingerprint density at radius 3 is 2.42 bits per heavy atom. The standard InChI is InChI=1S/C9H19NO2/c1-4-5-9(2,3)6-7(10)8(11)12/h7H,4-6,10H2,1-3H3,(H,11,12). The lowest BCUT2D eigenvalue weighted by atomic mass is 9.82. The van der Waals surface area contributed by atoms with Crippen LogP contribution in [-0.2, 0) is 4.79 Å². The van der Waals surface area contributed by atoms with Crippen LogP contribution in [0.3, 0.4) is 0 Å². The molecule has 3 heteroatoms. The van der Waals surface area contributed by atoms with Crippen molar-refractivity contribution in [2.24, 2.45) is 11.1 Å². The first-order valence-corrected chi connectivity index (χ1v) is 4.37. The fourth-order valence-corrected chi connectivity index (χ4v) is 1.46. The van der Waals surface area contributed by atoms with E-state index in [2.05, 4.69) is 20.8 Å². The summed E-state index contributed by atoms with van der Waals surface area (Å²) in [5.41, 5.74) is 5.48. The molecule has 0 spiro atoms. The molecular weight excluding hydrogens is 154 g/mol. The van der Waals surface area contributed by atoms with Crippen LogP contribution in [0, 0.1) is 5.41 Å². The van der Waals surface area contributed by atoms with Crippen molar-refractivity contribution in [3.63, 3.8) is 0 Å². The fraction of sp³-hybridized carbons (Fsp3) is 0.889. The minimum atomic E-state index is -0.904. The molecule has 1 atom stereocenters. The second-order valence-corrected chi connectivity index (χ2v) is 4.06. The van der Waals surface area contributed by atoms with Gasteiger partial charge in [-0.15, -0.1) is 0 Å². The van der Waals surface area contributed by atoms with Crippen LogP contribution in [0.4, 0.5) is 0 Å². The minimum Gasteiger partial charge on any atom is -0.480 e. The molecule has 0 bridgehead atoms. The van der Waals surface area contributed by atoms with Crippen molar-refractivity contribution >= 4 is 5.97 Å². The summed E-state index contributed by atoms with van der Waals surface area (Å²) in [5, 5.41) is 8.59. The van der Waals surface area contributed by atoms with Crippen LogP contribution in [0.1, 0.15) is 40.0 Å². The smallest absolute Gasteiger partial charge is 0.320 e. The number of rotatable bonds is 5. The van der Waals surface area contributed by atoms with Crippen molar-refractivity contribution in [3.05, 3.63) is 0 Å². The molecule has 0 aliphatic rings. The summed E-state index contributed by atoms with van der Waals surface area (Å²) in [6, 6.07) is -0.716. The second-order valence-electron chi connectivity index (χ2n) is 4.06. The normalized spacial score (nSPS) is 14.3. The molecule has 0 amide bonds. The Labute approximate surface area is 74.0 Å². The van der Waals surface area contributed by atoms with E-state index in [1.54, 1.807) is 0 Å². The lowest BCUT2D eigenvalue weighted by molar-refractivity contribution is -0.139. The molecule has 0 aromatic carbocycles. The molecule has 0 saturated heterocycles. The van der Waals surface area contributed by atoms with E-state index in [1.807, 2.05) is 0 Å². The van der Waals surface area contributed by atoms with Gasteiger partial charge in [-0.25, -0.2) is 0 Å². The van der Waals surface area contributed by atoms with Gasteiger partial charge in [-0.3, -0.25) is 4.79 Å². The van der Waals surface area contributed by atoms with Gasteiger partial charge in [0.15, 0.2) is 0 Å². The SMILES string of the molecule is CCCC(C)(C)CC(N)C(=O)O. The molecule has 0 fully saturated rings. The summed E-state index contributed by atoms with van der Waals surface area (Å²) in [6.45, 7) is 6.20. The van der Waals surface area contributed by atoms with Crippen molar-refractivity contribution in [3.8, 4) is 0 Å². The quantitative estimate of drug-likeness (QED) is 0.664. The molecule has 3 nitrogen and oxygen atoms in total. The molecule has 0 aromatic rings. The highest BCUT2D eigenvalue weighted by Gasteiger charge is 2.23. The number of hydrogen-bond donors (Lipinski definition) is 2. The third-order valence-electron chi connectivity index (χ3n) is 2.02. The fourth-order valence-electron chi connectivity index (χ4n) is 1.46. The monoisotopic (exact) mass is 173 g/mol. The van der Waals surface area contributed by atoms with Gasteiger partial charge in [-0.2, -0.15) is 0 Å². The average Bonchev–Trinajstić information content (AvgIpc) is 1.85. The van der Waals surface area contributed by atoms with Gasteiger partial charge in [0, 0.05) is 0 Å². The average molecular weight is 173 g/mol. The van der Waals surface area contributed by atoms with Crippen LogP contribution < -0.4 is 5.73 Å². The highest BCUT2D eigenvalue weighted by atomic mass is 16.4. The minimum absolute atomic E-state index is 0.0482. The van der Waals surface area contributed by atoms with Crippen LogP contribution >= 0.6 is 0 Å². The van der Waals surface area contributed by atoms with E-state index in [4.69, 9.17) is 10.8 Å². The van der Waals surface area contributed by atoms with Gasteiger partial charge in [0.1, 0.15) is 6.04 Å². The first-order valence-electron chi connectivity index (χ1n) is 4.37. The molecule has 3 N–H and O–H groups in total. The lowest BCUT2D eigenvalue weighted by Crippen LogP contribution is -2.35. The van der Waals surface area contributed by atoms with Crippen molar-refractivity contribution < 1.29 is 9.90 Å². The lowest BCUT2D eigenvalue weighted by Gasteiger charge is -2.25. The predicted molar refractivity (Wildman–Crippen MR) is 48.9 cm³/mol. The Hall–Kier alpha value is -0.570.